The number of aliphatic hydroxyl groups is 1. The Morgan fingerprint density at radius 1 is 1.35 bits per heavy atom. The first-order valence-electron chi connectivity index (χ1n) is 4.96. The zero-order chi connectivity index (χ0) is 13.0. The van der Waals surface area contributed by atoms with Crippen molar-refractivity contribution in [2.24, 2.45) is 0 Å². The number of carboxylic acid groups (broad SMARTS) is 1. The van der Waals surface area contributed by atoms with Crippen molar-refractivity contribution in [3.63, 3.8) is 0 Å². The van der Waals surface area contributed by atoms with Gasteiger partial charge in [0, 0.05) is 12.0 Å². The first-order chi connectivity index (χ1) is 7.91. The first kappa shape index (κ1) is 14.1. The van der Waals surface area contributed by atoms with Gasteiger partial charge in [0.25, 0.3) is 0 Å². The lowest BCUT2D eigenvalue weighted by Crippen LogP contribution is -2.04. The maximum atomic E-state index is 13.4. The summed E-state index contributed by atoms with van der Waals surface area (Å²) in [6.45, 7) is 0. The molecule has 0 saturated heterocycles. The number of aliphatic carboxylic acids is 1. The van der Waals surface area contributed by atoms with E-state index in [4.69, 9.17) is 5.11 Å². The van der Waals surface area contributed by atoms with Crippen molar-refractivity contribution >= 4 is 21.9 Å². The molecule has 0 radical (unpaired) electrons. The number of halogens is 3. The number of carboxylic acids is 1. The standard InChI is InChI=1S/C11H11BrF2O3/c12-7-5-8(13)6(4-9(7)14)10(15)2-1-3-11(16)17/h4-5,10,15H,1-3H2,(H,16,17). The fraction of sp³-hybridized carbons (Fsp3) is 0.364. The summed E-state index contributed by atoms with van der Waals surface area (Å²) in [5.41, 5.74) is -0.156. The quantitative estimate of drug-likeness (QED) is 0.822. The Bertz CT molecular complexity index is 423. The largest absolute Gasteiger partial charge is 0.481 e. The molecule has 1 atom stereocenters. The fourth-order valence-corrected chi connectivity index (χ4v) is 1.71. The fourth-order valence-electron chi connectivity index (χ4n) is 1.40. The van der Waals surface area contributed by atoms with Gasteiger partial charge in [-0.3, -0.25) is 4.79 Å². The van der Waals surface area contributed by atoms with Gasteiger partial charge in [-0.15, -0.1) is 0 Å². The second-order valence-electron chi connectivity index (χ2n) is 3.59. The van der Waals surface area contributed by atoms with Crippen molar-refractivity contribution in [2.45, 2.75) is 25.4 Å². The van der Waals surface area contributed by atoms with Crippen LogP contribution < -0.4 is 0 Å². The highest BCUT2D eigenvalue weighted by Crippen LogP contribution is 2.26. The molecular formula is C11H11BrF2O3. The van der Waals surface area contributed by atoms with E-state index >= 15 is 0 Å². The number of benzene rings is 1. The van der Waals surface area contributed by atoms with Crippen LogP contribution in [0.15, 0.2) is 16.6 Å². The Balaban J connectivity index is 2.71. The topological polar surface area (TPSA) is 57.5 Å². The molecule has 3 nitrogen and oxygen atoms in total. The van der Waals surface area contributed by atoms with Crippen molar-refractivity contribution in [3.05, 3.63) is 33.8 Å². The molecule has 0 aromatic heterocycles. The molecule has 2 N–H and O–H groups in total. The maximum absolute atomic E-state index is 13.4. The van der Waals surface area contributed by atoms with Gasteiger partial charge in [-0.05, 0) is 40.9 Å². The molecule has 1 aromatic carbocycles. The van der Waals surface area contributed by atoms with Gasteiger partial charge in [0.1, 0.15) is 11.6 Å². The number of aliphatic hydroxyl groups excluding tert-OH is 1. The van der Waals surface area contributed by atoms with Crippen LogP contribution in [0.5, 0.6) is 0 Å². The van der Waals surface area contributed by atoms with E-state index in [1.54, 1.807) is 0 Å². The van der Waals surface area contributed by atoms with Crippen LogP contribution in [0.2, 0.25) is 0 Å². The Morgan fingerprint density at radius 3 is 2.59 bits per heavy atom. The summed E-state index contributed by atoms with van der Waals surface area (Å²) in [4.78, 5) is 10.3. The predicted octanol–water partition coefficient (Wildman–Crippen LogP) is 3.02. The van der Waals surface area contributed by atoms with Crippen molar-refractivity contribution in [3.8, 4) is 0 Å². The van der Waals surface area contributed by atoms with Gasteiger partial charge in [-0.2, -0.15) is 0 Å². The highest BCUT2D eigenvalue weighted by molar-refractivity contribution is 9.10. The zero-order valence-electron chi connectivity index (χ0n) is 8.79. The van der Waals surface area contributed by atoms with Crippen molar-refractivity contribution in [2.75, 3.05) is 0 Å². The summed E-state index contributed by atoms with van der Waals surface area (Å²) >= 11 is 2.83. The molecule has 1 unspecified atom stereocenters. The summed E-state index contributed by atoms with van der Waals surface area (Å²) in [5, 5.41) is 18.0. The molecule has 6 heteroatoms. The van der Waals surface area contributed by atoms with E-state index in [0.717, 1.165) is 12.1 Å². The van der Waals surface area contributed by atoms with E-state index < -0.39 is 23.7 Å². The SMILES string of the molecule is O=C(O)CCCC(O)c1cc(F)c(Br)cc1F. The highest BCUT2D eigenvalue weighted by Gasteiger charge is 2.16. The van der Waals surface area contributed by atoms with Crippen molar-refractivity contribution in [1.29, 1.82) is 0 Å². The lowest BCUT2D eigenvalue weighted by molar-refractivity contribution is -0.137. The van der Waals surface area contributed by atoms with E-state index in [1.807, 2.05) is 0 Å². The third-order valence-corrected chi connectivity index (χ3v) is 2.87. The predicted molar refractivity (Wildman–Crippen MR) is 60.5 cm³/mol. The van der Waals surface area contributed by atoms with Crippen molar-refractivity contribution in [1.82, 2.24) is 0 Å². The van der Waals surface area contributed by atoms with Gasteiger partial charge >= 0.3 is 5.97 Å². The normalized spacial score (nSPS) is 12.5. The smallest absolute Gasteiger partial charge is 0.303 e. The van der Waals surface area contributed by atoms with E-state index in [0.29, 0.717) is 0 Å². The molecule has 0 fully saturated rings. The van der Waals surface area contributed by atoms with Gasteiger partial charge in [-0.1, -0.05) is 0 Å². The molecule has 1 aromatic rings. The molecule has 1 rings (SSSR count). The summed E-state index contributed by atoms with van der Waals surface area (Å²) in [5.74, 6) is -2.38. The Kier molecular flexibility index (Phi) is 5.02. The number of rotatable bonds is 5. The Labute approximate surface area is 105 Å². The first-order valence-corrected chi connectivity index (χ1v) is 5.75. The summed E-state index contributed by atoms with van der Waals surface area (Å²) in [6, 6.07) is 1.84. The van der Waals surface area contributed by atoms with Crippen LogP contribution in [-0.4, -0.2) is 16.2 Å². The van der Waals surface area contributed by atoms with Crippen LogP contribution in [0, 0.1) is 11.6 Å². The molecular weight excluding hydrogens is 298 g/mol. The van der Waals surface area contributed by atoms with E-state index in [-0.39, 0.29) is 29.3 Å². The average Bonchev–Trinajstić information content (AvgIpc) is 2.22. The lowest BCUT2D eigenvalue weighted by atomic mass is 10.0. The van der Waals surface area contributed by atoms with Crippen LogP contribution in [0.1, 0.15) is 30.9 Å². The third kappa shape index (κ3) is 4.05. The highest BCUT2D eigenvalue weighted by atomic mass is 79.9. The van der Waals surface area contributed by atoms with Crippen LogP contribution in [0.25, 0.3) is 0 Å². The van der Waals surface area contributed by atoms with Gasteiger partial charge in [0.05, 0.1) is 10.6 Å². The molecule has 0 heterocycles. The minimum Gasteiger partial charge on any atom is -0.481 e. The van der Waals surface area contributed by atoms with E-state index in [1.165, 1.54) is 0 Å². The molecule has 0 spiro atoms. The molecule has 0 aliphatic carbocycles. The summed E-state index contributed by atoms with van der Waals surface area (Å²) < 4.78 is 26.5. The monoisotopic (exact) mass is 308 g/mol. The zero-order valence-corrected chi connectivity index (χ0v) is 10.4. The molecule has 0 aliphatic rings. The average molecular weight is 309 g/mol. The van der Waals surface area contributed by atoms with Gasteiger partial charge < -0.3 is 10.2 Å². The number of carbonyl (C=O) groups is 1. The van der Waals surface area contributed by atoms with Gasteiger partial charge in [-0.25, -0.2) is 8.78 Å². The number of hydrogen-bond donors (Lipinski definition) is 2. The third-order valence-electron chi connectivity index (χ3n) is 2.27. The minimum absolute atomic E-state index is 0.0171. The molecule has 94 valence electrons. The van der Waals surface area contributed by atoms with E-state index in [2.05, 4.69) is 15.9 Å². The maximum Gasteiger partial charge on any atom is 0.303 e. The second-order valence-corrected chi connectivity index (χ2v) is 4.44. The molecule has 0 saturated carbocycles. The van der Waals surface area contributed by atoms with Crippen molar-refractivity contribution < 1.29 is 23.8 Å². The van der Waals surface area contributed by atoms with Crippen LogP contribution in [0.3, 0.4) is 0 Å². The van der Waals surface area contributed by atoms with Crippen LogP contribution in [0.4, 0.5) is 8.78 Å². The second kappa shape index (κ2) is 6.07. The van der Waals surface area contributed by atoms with Gasteiger partial charge in [0.2, 0.25) is 0 Å². The van der Waals surface area contributed by atoms with Crippen LogP contribution in [-0.2, 0) is 4.79 Å². The molecule has 0 bridgehead atoms. The van der Waals surface area contributed by atoms with Gasteiger partial charge in [0.15, 0.2) is 0 Å². The summed E-state index contributed by atoms with van der Waals surface area (Å²) in [6.07, 6.45) is -1.03. The Morgan fingerprint density at radius 2 is 2.00 bits per heavy atom. The number of hydrogen-bond acceptors (Lipinski definition) is 2. The Hall–Kier alpha value is -1.01. The molecule has 0 amide bonds. The summed E-state index contributed by atoms with van der Waals surface area (Å²) in [7, 11) is 0. The molecule has 17 heavy (non-hydrogen) atoms. The van der Waals surface area contributed by atoms with Crippen LogP contribution >= 0.6 is 15.9 Å². The lowest BCUT2D eigenvalue weighted by Gasteiger charge is -2.12. The van der Waals surface area contributed by atoms with E-state index in [9.17, 15) is 18.7 Å². The molecule has 0 aliphatic heterocycles. The minimum atomic E-state index is -1.20.